The summed E-state index contributed by atoms with van der Waals surface area (Å²) in [7, 11) is 1.68. The maximum Gasteiger partial charge on any atom is 0.416 e. The van der Waals surface area contributed by atoms with Crippen LogP contribution in [0, 0.1) is 6.92 Å². The number of aryl methyl sites for hydroxylation is 1. The highest BCUT2D eigenvalue weighted by molar-refractivity contribution is 5.57. The molecule has 0 bridgehead atoms. The normalized spacial score (nSPS) is 13.2. The number of alkyl halides is 3. The number of aromatic nitrogens is 2. The van der Waals surface area contributed by atoms with Crippen LogP contribution in [-0.4, -0.2) is 40.9 Å². The molecule has 5 nitrogen and oxygen atoms in total. The van der Waals surface area contributed by atoms with Crippen molar-refractivity contribution in [2.24, 2.45) is 0 Å². The molecule has 0 saturated heterocycles. The first kappa shape index (κ1) is 16.5. The summed E-state index contributed by atoms with van der Waals surface area (Å²) in [5.74, 6) is 1.41. The molecule has 1 atom stereocenters. The first-order chi connectivity index (χ1) is 9.29. The van der Waals surface area contributed by atoms with E-state index in [1.165, 1.54) is 0 Å². The molecule has 1 aromatic heterocycles. The maximum atomic E-state index is 12.3. The van der Waals surface area contributed by atoms with E-state index < -0.39 is 18.8 Å². The number of hydrogen-bond donors (Lipinski definition) is 3. The van der Waals surface area contributed by atoms with Crippen molar-refractivity contribution in [1.82, 2.24) is 9.97 Å². The summed E-state index contributed by atoms with van der Waals surface area (Å²) in [5, 5.41) is 14.4. The lowest BCUT2D eigenvalue weighted by Crippen LogP contribution is -2.35. The molecule has 0 saturated carbocycles. The van der Waals surface area contributed by atoms with Crippen molar-refractivity contribution in [1.29, 1.82) is 0 Å². The Bertz CT molecular complexity index is 451. The van der Waals surface area contributed by atoms with Gasteiger partial charge >= 0.3 is 6.18 Å². The van der Waals surface area contributed by atoms with E-state index >= 15 is 0 Å². The summed E-state index contributed by atoms with van der Waals surface area (Å²) in [5.41, 5.74) is 0.613. The second-order valence-electron chi connectivity index (χ2n) is 4.40. The zero-order valence-corrected chi connectivity index (χ0v) is 11.7. The SMILES string of the molecule is CCCc1nc(NC)c(C)c(NCC(O)C(F)(F)F)n1. The number of aliphatic hydroxyl groups excluding tert-OH is 1. The molecular weight excluding hydrogens is 273 g/mol. The first-order valence-corrected chi connectivity index (χ1v) is 6.33. The molecule has 0 aromatic carbocycles. The van der Waals surface area contributed by atoms with E-state index in [2.05, 4.69) is 20.6 Å². The molecule has 0 aliphatic carbocycles. The molecule has 114 valence electrons. The van der Waals surface area contributed by atoms with Crippen LogP contribution in [0.2, 0.25) is 0 Å². The van der Waals surface area contributed by atoms with E-state index in [1.807, 2.05) is 6.92 Å². The van der Waals surface area contributed by atoms with Gasteiger partial charge < -0.3 is 15.7 Å². The Morgan fingerprint density at radius 3 is 2.35 bits per heavy atom. The summed E-state index contributed by atoms with van der Waals surface area (Å²) in [6.07, 6.45) is -5.61. The highest BCUT2D eigenvalue weighted by Crippen LogP contribution is 2.23. The average Bonchev–Trinajstić information content (AvgIpc) is 2.37. The van der Waals surface area contributed by atoms with E-state index in [4.69, 9.17) is 5.11 Å². The van der Waals surface area contributed by atoms with Gasteiger partial charge in [-0.3, -0.25) is 0 Å². The molecule has 20 heavy (non-hydrogen) atoms. The fourth-order valence-electron chi connectivity index (χ4n) is 1.62. The van der Waals surface area contributed by atoms with Crippen molar-refractivity contribution in [2.45, 2.75) is 39.0 Å². The molecule has 0 aliphatic rings. The van der Waals surface area contributed by atoms with Crippen molar-refractivity contribution in [3.63, 3.8) is 0 Å². The molecule has 1 unspecified atom stereocenters. The summed E-state index contributed by atoms with van der Waals surface area (Å²) >= 11 is 0. The van der Waals surface area contributed by atoms with Gasteiger partial charge in [0.1, 0.15) is 17.5 Å². The lowest BCUT2D eigenvalue weighted by atomic mass is 10.2. The quantitative estimate of drug-likeness (QED) is 0.749. The van der Waals surface area contributed by atoms with Crippen molar-refractivity contribution >= 4 is 11.6 Å². The van der Waals surface area contributed by atoms with Crippen LogP contribution in [0.4, 0.5) is 24.8 Å². The second-order valence-corrected chi connectivity index (χ2v) is 4.40. The van der Waals surface area contributed by atoms with E-state index in [0.29, 0.717) is 29.4 Å². The van der Waals surface area contributed by atoms with Crippen molar-refractivity contribution < 1.29 is 18.3 Å². The van der Waals surface area contributed by atoms with E-state index in [-0.39, 0.29) is 0 Å². The van der Waals surface area contributed by atoms with Gasteiger partial charge in [-0.1, -0.05) is 6.92 Å². The smallest absolute Gasteiger partial charge is 0.382 e. The standard InChI is InChI=1S/C12H19F3N4O/c1-4-5-9-18-10(16-3)7(2)11(19-9)17-6-8(20)12(13,14)15/h8,20H,4-6H2,1-3H3,(H2,16,17,18,19). The lowest BCUT2D eigenvalue weighted by molar-refractivity contribution is -0.198. The molecule has 0 amide bonds. The van der Waals surface area contributed by atoms with E-state index in [0.717, 1.165) is 6.42 Å². The third-order valence-electron chi connectivity index (χ3n) is 2.74. The molecule has 0 fully saturated rings. The first-order valence-electron chi connectivity index (χ1n) is 6.33. The van der Waals surface area contributed by atoms with Crippen LogP contribution in [0.1, 0.15) is 24.7 Å². The summed E-state index contributed by atoms with van der Waals surface area (Å²) in [6, 6.07) is 0. The molecule has 0 spiro atoms. The van der Waals surface area contributed by atoms with E-state index in [1.54, 1.807) is 14.0 Å². The minimum Gasteiger partial charge on any atom is -0.382 e. The van der Waals surface area contributed by atoms with Crippen molar-refractivity contribution in [2.75, 3.05) is 24.2 Å². The molecule has 8 heteroatoms. The van der Waals surface area contributed by atoms with Crippen LogP contribution in [-0.2, 0) is 6.42 Å². The van der Waals surface area contributed by atoms with Crippen molar-refractivity contribution in [3.05, 3.63) is 11.4 Å². The molecule has 0 radical (unpaired) electrons. The van der Waals surface area contributed by atoms with Gasteiger partial charge in [-0.15, -0.1) is 0 Å². The lowest BCUT2D eigenvalue weighted by Gasteiger charge is -2.17. The maximum absolute atomic E-state index is 12.3. The third-order valence-corrected chi connectivity index (χ3v) is 2.74. The largest absolute Gasteiger partial charge is 0.416 e. The Labute approximate surface area is 115 Å². The Morgan fingerprint density at radius 1 is 1.25 bits per heavy atom. The third kappa shape index (κ3) is 4.22. The Kier molecular flexibility index (Phi) is 5.55. The number of rotatable bonds is 6. The summed E-state index contributed by atoms with van der Waals surface area (Å²) in [4.78, 5) is 8.45. The number of anilines is 2. The zero-order chi connectivity index (χ0) is 15.3. The number of hydrogen-bond acceptors (Lipinski definition) is 5. The van der Waals surface area contributed by atoms with Crippen molar-refractivity contribution in [3.8, 4) is 0 Å². The topological polar surface area (TPSA) is 70.1 Å². The van der Waals surface area contributed by atoms with Crippen LogP contribution >= 0.6 is 0 Å². The van der Waals surface area contributed by atoms with Crippen LogP contribution in [0.15, 0.2) is 0 Å². The number of aliphatic hydroxyl groups is 1. The Balaban J connectivity index is 2.90. The van der Waals surface area contributed by atoms with Crippen LogP contribution in [0.25, 0.3) is 0 Å². The highest BCUT2D eigenvalue weighted by atomic mass is 19.4. The van der Waals surface area contributed by atoms with Crippen LogP contribution in [0.5, 0.6) is 0 Å². The van der Waals surface area contributed by atoms with Crippen LogP contribution in [0.3, 0.4) is 0 Å². The molecule has 0 aliphatic heterocycles. The summed E-state index contributed by atoms with van der Waals surface area (Å²) in [6.45, 7) is 3.02. The van der Waals surface area contributed by atoms with E-state index in [9.17, 15) is 13.2 Å². The number of halogens is 3. The Hall–Kier alpha value is -1.57. The molecule has 1 aromatic rings. The second kappa shape index (κ2) is 6.74. The van der Waals surface area contributed by atoms with Gasteiger partial charge in [0, 0.05) is 19.0 Å². The monoisotopic (exact) mass is 292 g/mol. The van der Waals surface area contributed by atoms with Crippen LogP contribution < -0.4 is 10.6 Å². The summed E-state index contributed by atoms with van der Waals surface area (Å²) < 4.78 is 36.8. The number of nitrogens with zero attached hydrogens (tertiary/aromatic N) is 2. The van der Waals surface area contributed by atoms with Gasteiger partial charge in [0.25, 0.3) is 0 Å². The van der Waals surface area contributed by atoms with Gasteiger partial charge in [-0.25, -0.2) is 9.97 Å². The predicted octanol–water partition coefficient (Wildman–Crippen LogP) is 2.11. The molecular formula is C12H19F3N4O. The van der Waals surface area contributed by atoms with Gasteiger partial charge in [0.2, 0.25) is 0 Å². The minimum atomic E-state index is -4.65. The molecule has 3 N–H and O–H groups in total. The fourth-order valence-corrected chi connectivity index (χ4v) is 1.62. The van der Waals surface area contributed by atoms with Gasteiger partial charge in [0.05, 0.1) is 6.54 Å². The highest BCUT2D eigenvalue weighted by Gasteiger charge is 2.38. The molecule has 1 rings (SSSR count). The zero-order valence-electron chi connectivity index (χ0n) is 11.7. The molecule has 1 heterocycles. The van der Waals surface area contributed by atoms with Gasteiger partial charge in [0.15, 0.2) is 6.10 Å². The average molecular weight is 292 g/mol. The fraction of sp³-hybridized carbons (Fsp3) is 0.667. The Morgan fingerprint density at radius 2 is 1.85 bits per heavy atom. The minimum absolute atomic E-state index is 0.302. The van der Waals surface area contributed by atoms with Gasteiger partial charge in [-0.2, -0.15) is 13.2 Å². The van der Waals surface area contributed by atoms with Gasteiger partial charge in [-0.05, 0) is 13.3 Å². The number of nitrogens with one attached hydrogen (secondary N) is 2. The predicted molar refractivity (Wildman–Crippen MR) is 70.9 cm³/mol.